The van der Waals surface area contributed by atoms with Crippen molar-refractivity contribution in [1.29, 1.82) is 0 Å². The van der Waals surface area contributed by atoms with Crippen LogP contribution in [0.4, 0.5) is 5.69 Å². The van der Waals surface area contributed by atoms with E-state index in [1.54, 1.807) is 45.3 Å². The minimum Gasteiger partial charge on any atom is -0.790 e. The van der Waals surface area contributed by atoms with Gasteiger partial charge < -0.3 is 29.5 Å². The quantitative estimate of drug-likeness (QED) is 0.189. The predicted octanol–water partition coefficient (Wildman–Crippen LogP) is -3.97. The zero-order chi connectivity index (χ0) is 27.4. The number of aromatic nitrogens is 4. The van der Waals surface area contributed by atoms with Gasteiger partial charge in [-0.05, 0) is 56.4 Å². The molecule has 0 saturated heterocycles. The van der Waals surface area contributed by atoms with Crippen molar-refractivity contribution in [3.8, 4) is 11.1 Å². The van der Waals surface area contributed by atoms with Crippen LogP contribution in [0.15, 0.2) is 36.5 Å². The molecule has 0 unspecified atom stereocenters. The number of carbonyl (C=O) groups is 2. The molecule has 12 nitrogen and oxygen atoms in total. The molecule has 2 amide bonds. The van der Waals surface area contributed by atoms with Crippen molar-refractivity contribution < 1.29 is 87.6 Å². The number of phosphoric ester groups is 1. The Morgan fingerprint density at radius 2 is 1.75 bits per heavy atom. The van der Waals surface area contributed by atoms with Crippen LogP contribution in [0, 0.1) is 19.8 Å². The van der Waals surface area contributed by atoms with Crippen molar-refractivity contribution in [2.45, 2.75) is 58.7 Å². The second-order valence-electron chi connectivity index (χ2n) is 9.51. The molecule has 0 radical (unpaired) electrons. The molecule has 2 aromatic heterocycles. The third kappa shape index (κ3) is 8.84. The van der Waals surface area contributed by atoms with Crippen LogP contribution in [0.1, 0.15) is 54.0 Å². The van der Waals surface area contributed by atoms with Crippen molar-refractivity contribution >= 4 is 25.3 Å². The first kappa shape index (κ1) is 34.9. The van der Waals surface area contributed by atoms with Gasteiger partial charge in [0.25, 0.3) is 5.91 Å². The summed E-state index contributed by atoms with van der Waals surface area (Å²) in [6.07, 6.45) is 6.42. The molecule has 4 rings (SSSR count). The average molecular weight is 589 g/mol. The summed E-state index contributed by atoms with van der Waals surface area (Å²) in [4.78, 5) is 47.9. The van der Waals surface area contributed by atoms with E-state index in [-0.39, 0.29) is 76.8 Å². The van der Waals surface area contributed by atoms with Gasteiger partial charge in [0.2, 0.25) is 5.91 Å². The second-order valence-corrected chi connectivity index (χ2v) is 10.7. The van der Waals surface area contributed by atoms with E-state index in [0.29, 0.717) is 22.8 Å². The van der Waals surface area contributed by atoms with E-state index in [0.717, 1.165) is 43.2 Å². The maximum Gasteiger partial charge on any atom is 1.00 e. The van der Waals surface area contributed by atoms with E-state index in [1.165, 1.54) is 9.36 Å². The van der Waals surface area contributed by atoms with E-state index in [2.05, 4.69) is 25.4 Å². The monoisotopic (exact) mass is 588 g/mol. The molecule has 204 valence electrons. The number of carbonyl (C=O) groups excluding carboxylic acids is 2. The Labute approximate surface area is 277 Å². The number of hydrogen-bond donors (Lipinski definition) is 2. The summed E-state index contributed by atoms with van der Waals surface area (Å²) < 4.78 is 18.0. The van der Waals surface area contributed by atoms with Gasteiger partial charge in [0.05, 0.1) is 13.5 Å². The summed E-state index contributed by atoms with van der Waals surface area (Å²) in [5.41, 5.74) is 3.77. The molecule has 1 aromatic carbocycles. The van der Waals surface area contributed by atoms with E-state index >= 15 is 0 Å². The maximum absolute atomic E-state index is 13.4. The molecule has 15 heteroatoms. The minimum atomic E-state index is -5.13. The van der Waals surface area contributed by atoms with Gasteiger partial charge in [-0.1, -0.05) is 31.4 Å². The van der Waals surface area contributed by atoms with Gasteiger partial charge in [0, 0.05) is 30.2 Å². The van der Waals surface area contributed by atoms with Gasteiger partial charge in [0.15, 0.2) is 0 Å². The fourth-order valence-corrected chi connectivity index (χ4v) is 5.23. The molecule has 2 N–H and O–H groups in total. The maximum atomic E-state index is 13.4. The Hall–Kier alpha value is -1.31. The molecule has 1 fully saturated rings. The molecule has 0 aliphatic heterocycles. The SMILES string of the molecule is Cc1nn(COP(=O)([O-])[O-])c(C)c1-c1ccc(NC(=O)[C@@H](NC(=O)c2ccnn2C)C2CCCCC2)cc1.[Na+].[Na+]. The number of nitrogens with one attached hydrogen (secondary N) is 2. The average Bonchev–Trinajstić information content (AvgIpc) is 3.43. The van der Waals surface area contributed by atoms with Crippen molar-refractivity contribution in [3.05, 3.63) is 53.6 Å². The Morgan fingerprint density at radius 1 is 1.10 bits per heavy atom. The third-order valence-electron chi connectivity index (χ3n) is 6.90. The summed E-state index contributed by atoms with van der Waals surface area (Å²) in [5, 5.41) is 14.2. The van der Waals surface area contributed by atoms with Crippen molar-refractivity contribution in [3.63, 3.8) is 0 Å². The molecule has 1 aliphatic carbocycles. The third-order valence-corrected chi connectivity index (χ3v) is 7.34. The van der Waals surface area contributed by atoms with Crippen LogP contribution < -0.4 is 79.5 Å². The van der Waals surface area contributed by atoms with E-state index in [1.807, 2.05) is 12.1 Å². The molecule has 0 spiro atoms. The zero-order valence-corrected chi connectivity index (χ0v) is 28.4. The van der Waals surface area contributed by atoms with Crippen LogP contribution in [-0.2, 0) is 27.7 Å². The molecule has 40 heavy (non-hydrogen) atoms. The second kappa shape index (κ2) is 15.2. The molecule has 1 aliphatic rings. The number of rotatable bonds is 9. The van der Waals surface area contributed by atoms with Crippen molar-refractivity contribution in [1.82, 2.24) is 24.9 Å². The first-order valence-electron chi connectivity index (χ1n) is 12.4. The number of anilines is 1. The van der Waals surface area contributed by atoms with Crippen LogP contribution in [0.5, 0.6) is 0 Å². The number of nitrogens with zero attached hydrogens (tertiary/aromatic N) is 4. The van der Waals surface area contributed by atoms with Crippen molar-refractivity contribution in [2.24, 2.45) is 13.0 Å². The first-order valence-corrected chi connectivity index (χ1v) is 13.9. The van der Waals surface area contributed by atoms with Crippen LogP contribution in [0.2, 0.25) is 0 Å². The van der Waals surface area contributed by atoms with E-state index < -0.39 is 20.6 Å². The zero-order valence-electron chi connectivity index (χ0n) is 23.5. The van der Waals surface area contributed by atoms with Gasteiger partial charge >= 0.3 is 59.1 Å². The van der Waals surface area contributed by atoms with Crippen molar-refractivity contribution in [2.75, 3.05) is 5.32 Å². The Morgan fingerprint density at radius 3 is 2.33 bits per heavy atom. The van der Waals surface area contributed by atoms with Gasteiger partial charge in [-0.3, -0.25) is 14.3 Å². The fraction of sp³-hybridized carbons (Fsp3) is 0.440. The summed E-state index contributed by atoms with van der Waals surface area (Å²) in [6.45, 7) is 3.01. The van der Waals surface area contributed by atoms with Gasteiger partial charge in [-0.2, -0.15) is 10.2 Å². The Kier molecular flexibility index (Phi) is 13.3. The van der Waals surface area contributed by atoms with Crippen LogP contribution in [0.3, 0.4) is 0 Å². The van der Waals surface area contributed by atoms with E-state index in [4.69, 9.17) is 0 Å². The number of aryl methyl sites for hydroxylation is 2. The molecule has 1 atom stereocenters. The topological polar surface area (TPSA) is 166 Å². The minimum absolute atomic E-state index is 0. The number of benzene rings is 1. The summed E-state index contributed by atoms with van der Waals surface area (Å²) in [6, 6.07) is 8.07. The Balaban J connectivity index is 0.00000280. The first-order chi connectivity index (χ1) is 18.0. The van der Waals surface area contributed by atoms with Crippen LogP contribution >= 0.6 is 7.82 Å². The summed E-state index contributed by atoms with van der Waals surface area (Å²) in [5.74, 6) is -0.586. The normalized spacial score (nSPS) is 14.5. The molecular formula is C25H31N6Na2O6P. The number of hydrogen-bond acceptors (Lipinski definition) is 8. The summed E-state index contributed by atoms with van der Waals surface area (Å²) >= 11 is 0. The van der Waals surface area contributed by atoms with Gasteiger partial charge in [-0.25, -0.2) is 4.68 Å². The molecule has 0 bridgehead atoms. The largest absolute Gasteiger partial charge is 1.00 e. The predicted molar refractivity (Wildman–Crippen MR) is 135 cm³/mol. The molecular weight excluding hydrogens is 557 g/mol. The van der Waals surface area contributed by atoms with Crippen LogP contribution in [-0.4, -0.2) is 37.4 Å². The smallest absolute Gasteiger partial charge is 0.790 e. The summed E-state index contributed by atoms with van der Waals surface area (Å²) in [7, 11) is -3.45. The van der Waals surface area contributed by atoms with Crippen LogP contribution in [0.25, 0.3) is 11.1 Å². The molecule has 3 aromatic rings. The Bertz CT molecular complexity index is 1350. The fourth-order valence-electron chi connectivity index (χ4n) is 4.98. The van der Waals surface area contributed by atoms with E-state index in [9.17, 15) is 23.9 Å². The standard InChI is InChI=1S/C25H33N6O6P.2Na/c1-16-22(17(2)31(29-16)15-37-38(34,35)36)18-9-11-20(12-10-18)27-25(33)23(19-7-5-4-6-8-19)28-24(32)21-13-14-26-30(21)3;;/h9-14,19,23H,4-8,15H2,1-3H3,(H,27,33)(H,28,32)(H2,34,35,36);;/q;2*+1/p-2/t23-;;/m0../s1. The number of amides is 2. The molecule has 2 heterocycles. The van der Waals surface area contributed by atoms with Gasteiger partial charge in [0.1, 0.15) is 18.5 Å². The number of phosphoric acid groups is 1. The van der Waals surface area contributed by atoms with Gasteiger partial charge in [-0.15, -0.1) is 0 Å². The molecule has 1 saturated carbocycles.